The second-order valence-electron chi connectivity index (χ2n) is 20.8. The van der Waals surface area contributed by atoms with Crippen LogP contribution in [0.1, 0.15) is 16.7 Å². The summed E-state index contributed by atoms with van der Waals surface area (Å²) in [4.78, 5) is 10.1. The summed E-state index contributed by atoms with van der Waals surface area (Å²) in [6.45, 7) is 6.59. The lowest BCUT2D eigenvalue weighted by Crippen LogP contribution is -1.96. The monoisotopic (exact) mass is 997 g/mol. The summed E-state index contributed by atoms with van der Waals surface area (Å²) in [7, 11) is 0. The van der Waals surface area contributed by atoms with Crippen LogP contribution in [0.5, 0.6) is 0 Å². The van der Waals surface area contributed by atoms with Gasteiger partial charge in [0.1, 0.15) is 0 Å². The molecular formula is C73H51N5. The molecule has 4 aromatic heterocycles. The van der Waals surface area contributed by atoms with E-state index in [1.54, 1.807) is 0 Å². The second kappa shape index (κ2) is 18.0. The van der Waals surface area contributed by atoms with Crippen LogP contribution in [0.4, 0.5) is 0 Å². The van der Waals surface area contributed by atoms with Crippen LogP contribution in [-0.2, 0) is 0 Å². The lowest BCUT2D eigenvalue weighted by Gasteiger charge is -2.13. The molecule has 0 aliphatic carbocycles. The lowest BCUT2D eigenvalue weighted by molar-refractivity contribution is 1.16. The molecule has 0 spiro atoms. The van der Waals surface area contributed by atoms with Gasteiger partial charge in [-0.2, -0.15) is 0 Å². The van der Waals surface area contributed by atoms with Gasteiger partial charge in [0.15, 0.2) is 5.82 Å². The molecule has 0 saturated carbocycles. The molecular weight excluding hydrogens is 947 g/mol. The van der Waals surface area contributed by atoms with Crippen molar-refractivity contribution in [1.29, 1.82) is 0 Å². The van der Waals surface area contributed by atoms with E-state index < -0.39 is 0 Å². The third kappa shape index (κ3) is 7.46. The zero-order valence-electron chi connectivity index (χ0n) is 43.5. The van der Waals surface area contributed by atoms with E-state index in [9.17, 15) is 0 Å². The number of benzene rings is 11. The summed E-state index contributed by atoms with van der Waals surface area (Å²) in [5.74, 6) is 0.713. The average molecular weight is 998 g/mol. The highest BCUT2D eigenvalue weighted by Crippen LogP contribution is 2.41. The van der Waals surface area contributed by atoms with Gasteiger partial charge in [0.25, 0.3) is 0 Å². The molecule has 15 rings (SSSR count). The van der Waals surface area contributed by atoms with Crippen molar-refractivity contribution in [3.63, 3.8) is 0 Å². The first-order chi connectivity index (χ1) is 38.4. The van der Waals surface area contributed by atoms with Gasteiger partial charge in [-0.15, -0.1) is 0 Å². The maximum absolute atomic E-state index is 5.07. The number of nitrogens with zero attached hydrogens (tertiary/aromatic N) is 5. The van der Waals surface area contributed by atoms with E-state index in [0.717, 1.165) is 61.7 Å². The Labute approximate surface area is 452 Å². The molecule has 0 bridgehead atoms. The summed E-state index contributed by atoms with van der Waals surface area (Å²) >= 11 is 0. The van der Waals surface area contributed by atoms with E-state index in [4.69, 9.17) is 9.97 Å². The molecule has 11 aromatic carbocycles. The van der Waals surface area contributed by atoms with Crippen molar-refractivity contribution in [3.8, 4) is 73.2 Å². The van der Waals surface area contributed by atoms with Gasteiger partial charge >= 0.3 is 0 Å². The van der Waals surface area contributed by atoms with Gasteiger partial charge in [0.05, 0.1) is 44.5 Å². The summed E-state index contributed by atoms with van der Waals surface area (Å²) in [5.41, 5.74) is 23.9. The van der Waals surface area contributed by atoms with Gasteiger partial charge in [0.2, 0.25) is 0 Å². The van der Waals surface area contributed by atoms with Gasteiger partial charge in [-0.25, -0.2) is 9.97 Å². The Morgan fingerprint density at radius 2 is 0.654 bits per heavy atom. The van der Waals surface area contributed by atoms with Crippen LogP contribution in [0, 0.1) is 20.8 Å². The number of aryl methyl sites for hydroxylation is 3. The third-order valence-electron chi connectivity index (χ3n) is 15.9. The SMILES string of the molecule is Cc1ccc2c(c1)c1cc(C)ccc1n2-c1ccc2c(c1)c1cc(-n3c4ccccc4c4ccccc43)ccc1n2-c1ccc(-c2ccc(-c3ccc(-c4cc(-c5ccccc5)nc(-c5ccccc5)n4)cc3)cc2C)cc1. The van der Waals surface area contributed by atoms with Crippen LogP contribution < -0.4 is 0 Å². The van der Waals surface area contributed by atoms with E-state index in [1.807, 2.05) is 24.3 Å². The molecule has 0 aliphatic rings. The zero-order chi connectivity index (χ0) is 52.0. The van der Waals surface area contributed by atoms with Crippen LogP contribution in [0.2, 0.25) is 0 Å². The number of hydrogen-bond acceptors (Lipinski definition) is 2. The fraction of sp³-hybridized carbons (Fsp3) is 0.0411. The van der Waals surface area contributed by atoms with E-state index in [-0.39, 0.29) is 0 Å². The molecule has 5 nitrogen and oxygen atoms in total. The quantitative estimate of drug-likeness (QED) is 0.152. The molecule has 15 aromatic rings. The predicted octanol–water partition coefficient (Wildman–Crippen LogP) is 19.0. The molecule has 0 saturated heterocycles. The molecule has 0 aliphatic heterocycles. The van der Waals surface area contributed by atoms with Crippen LogP contribution >= 0.6 is 0 Å². The third-order valence-corrected chi connectivity index (χ3v) is 15.9. The van der Waals surface area contributed by atoms with Crippen molar-refractivity contribution >= 4 is 65.4 Å². The molecule has 4 heterocycles. The minimum absolute atomic E-state index is 0.713. The van der Waals surface area contributed by atoms with Crippen molar-refractivity contribution in [2.75, 3.05) is 0 Å². The van der Waals surface area contributed by atoms with Crippen LogP contribution in [0.3, 0.4) is 0 Å². The molecule has 5 heteroatoms. The fourth-order valence-electron chi connectivity index (χ4n) is 12.1. The van der Waals surface area contributed by atoms with E-state index in [0.29, 0.717) is 5.82 Å². The summed E-state index contributed by atoms with van der Waals surface area (Å²) in [6, 6.07) is 92.6. The van der Waals surface area contributed by atoms with Crippen molar-refractivity contribution in [2.24, 2.45) is 0 Å². The summed E-state index contributed by atoms with van der Waals surface area (Å²) in [6.07, 6.45) is 0. The smallest absolute Gasteiger partial charge is 0.160 e. The highest BCUT2D eigenvalue weighted by molar-refractivity contribution is 6.14. The van der Waals surface area contributed by atoms with Crippen LogP contribution in [-0.4, -0.2) is 23.7 Å². The highest BCUT2D eigenvalue weighted by atomic mass is 15.0. The fourth-order valence-corrected chi connectivity index (χ4v) is 12.1. The number of para-hydroxylation sites is 2. The van der Waals surface area contributed by atoms with Crippen molar-refractivity contribution in [2.45, 2.75) is 20.8 Å². The first-order valence-electron chi connectivity index (χ1n) is 26.8. The lowest BCUT2D eigenvalue weighted by atomic mass is 9.95. The molecule has 0 atom stereocenters. The molecule has 0 amide bonds. The number of aromatic nitrogens is 5. The molecule has 0 radical (unpaired) electrons. The van der Waals surface area contributed by atoms with Crippen LogP contribution in [0.15, 0.2) is 255 Å². The Morgan fingerprint density at radius 3 is 1.19 bits per heavy atom. The van der Waals surface area contributed by atoms with Gasteiger partial charge in [0, 0.05) is 66.1 Å². The Bertz CT molecular complexity index is 4680. The van der Waals surface area contributed by atoms with Gasteiger partial charge in [-0.1, -0.05) is 175 Å². The number of rotatable bonds is 8. The maximum Gasteiger partial charge on any atom is 0.160 e. The normalized spacial score (nSPS) is 11.8. The Hall–Kier alpha value is -10.1. The van der Waals surface area contributed by atoms with Crippen molar-refractivity contribution in [1.82, 2.24) is 23.7 Å². The summed E-state index contributed by atoms with van der Waals surface area (Å²) < 4.78 is 7.32. The molecule has 368 valence electrons. The molecule has 0 fully saturated rings. The van der Waals surface area contributed by atoms with Crippen LogP contribution in [0.25, 0.3) is 139 Å². The minimum atomic E-state index is 0.713. The topological polar surface area (TPSA) is 40.6 Å². The molecule has 0 N–H and O–H groups in total. The average Bonchev–Trinajstić information content (AvgIpc) is 4.34. The summed E-state index contributed by atoms with van der Waals surface area (Å²) in [5, 5.41) is 7.47. The Morgan fingerprint density at radius 1 is 0.256 bits per heavy atom. The van der Waals surface area contributed by atoms with Gasteiger partial charge in [-0.05, 0) is 140 Å². The largest absolute Gasteiger partial charge is 0.309 e. The first kappa shape index (κ1) is 45.3. The Kier molecular flexibility index (Phi) is 10.5. The Balaban J connectivity index is 0.806. The van der Waals surface area contributed by atoms with Crippen molar-refractivity contribution in [3.05, 3.63) is 271 Å². The van der Waals surface area contributed by atoms with E-state index in [2.05, 4.69) is 265 Å². The van der Waals surface area contributed by atoms with Gasteiger partial charge in [-0.3, -0.25) is 0 Å². The van der Waals surface area contributed by atoms with Gasteiger partial charge < -0.3 is 13.7 Å². The molecule has 78 heavy (non-hydrogen) atoms. The number of hydrogen-bond donors (Lipinski definition) is 0. The van der Waals surface area contributed by atoms with E-state index >= 15 is 0 Å². The molecule has 0 unspecified atom stereocenters. The number of fused-ring (bicyclic) bond motifs is 9. The standard InChI is InChI=1S/C73H51N5/c1-46-22-36-69-61(40-46)62-41-47(2)23-37-70(62)78(69)57-34-39-72-64(44-57)63-43-56(77-67-20-12-10-18-59(67)60-19-11-13-21-68(60)77)33-38-71(63)76(72)55-31-28-50(29-32-55)58-35-30-54(42-48(58)3)49-24-26-52(27-25-49)66-45-65(51-14-6-4-7-15-51)74-73(75-66)53-16-8-5-9-17-53/h4-45H,1-3H3. The maximum atomic E-state index is 5.07. The second-order valence-corrected chi connectivity index (χ2v) is 20.8. The first-order valence-corrected chi connectivity index (χ1v) is 26.8. The highest BCUT2D eigenvalue weighted by Gasteiger charge is 2.20. The van der Waals surface area contributed by atoms with Crippen molar-refractivity contribution < 1.29 is 0 Å². The predicted molar refractivity (Wildman–Crippen MR) is 326 cm³/mol. The minimum Gasteiger partial charge on any atom is -0.309 e. The van der Waals surface area contributed by atoms with E-state index in [1.165, 1.54) is 87.8 Å². The zero-order valence-corrected chi connectivity index (χ0v) is 43.5.